The fraction of sp³-hybridized carbons (Fsp3) is 0.389. The minimum absolute atomic E-state index is 0.0148. The van der Waals surface area contributed by atoms with Gasteiger partial charge in [0, 0.05) is 17.4 Å². The Kier molecular flexibility index (Phi) is 3.69. The van der Waals surface area contributed by atoms with Gasteiger partial charge in [0.15, 0.2) is 6.10 Å². The summed E-state index contributed by atoms with van der Waals surface area (Å²) in [5, 5.41) is 10.4. The first-order valence-electron chi connectivity index (χ1n) is 7.51. The third-order valence-electron chi connectivity index (χ3n) is 4.30. The first-order chi connectivity index (χ1) is 10.5. The summed E-state index contributed by atoms with van der Waals surface area (Å²) < 4.78 is 10.8. The second-order valence-corrected chi connectivity index (χ2v) is 6.00. The van der Waals surface area contributed by atoms with Gasteiger partial charge in [0.25, 0.3) is 0 Å². The quantitative estimate of drug-likeness (QED) is 0.869. The van der Waals surface area contributed by atoms with E-state index in [-0.39, 0.29) is 17.6 Å². The maximum atomic E-state index is 11.8. The molecule has 1 aromatic rings. The highest BCUT2D eigenvalue weighted by Gasteiger charge is 2.48. The molecule has 0 saturated carbocycles. The molecule has 0 spiro atoms. The number of hydrogen-bond acceptors (Lipinski definition) is 4. The highest BCUT2D eigenvalue weighted by Crippen LogP contribution is 2.50. The van der Waals surface area contributed by atoms with E-state index < -0.39 is 12.1 Å². The van der Waals surface area contributed by atoms with Gasteiger partial charge in [0.05, 0.1) is 12.7 Å². The van der Waals surface area contributed by atoms with E-state index in [9.17, 15) is 9.90 Å². The van der Waals surface area contributed by atoms with Crippen molar-refractivity contribution in [1.29, 1.82) is 0 Å². The van der Waals surface area contributed by atoms with Crippen molar-refractivity contribution in [2.75, 3.05) is 7.11 Å². The number of hydrogen-bond donors (Lipinski definition) is 1. The number of benzene rings is 1. The van der Waals surface area contributed by atoms with Gasteiger partial charge in [-0.1, -0.05) is 44.2 Å². The van der Waals surface area contributed by atoms with Crippen LogP contribution in [0, 0.1) is 11.8 Å². The standard InChI is InChI=1S/C18H20O4/c1-10(2)16-14(11-7-5-4-6-8-11)12-9-13(18(20)21-3)15(19)17(12)22-16/h4-8,10,12,17,19H,9H2,1-3H3/t12-,17+/m0/s1. The lowest BCUT2D eigenvalue weighted by Gasteiger charge is -2.14. The minimum Gasteiger partial charge on any atom is -0.508 e. The molecule has 4 nitrogen and oxygen atoms in total. The number of aliphatic hydroxyl groups excluding tert-OH is 1. The van der Waals surface area contributed by atoms with E-state index in [1.807, 2.05) is 30.3 Å². The summed E-state index contributed by atoms with van der Waals surface area (Å²) in [4.78, 5) is 11.8. The van der Waals surface area contributed by atoms with E-state index in [2.05, 4.69) is 13.8 Å². The predicted octanol–water partition coefficient (Wildman–Crippen LogP) is 3.46. The number of fused-ring (bicyclic) bond motifs is 1. The van der Waals surface area contributed by atoms with Crippen LogP contribution in [0.5, 0.6) is 0 Å². The van der Waals surface area contributed by atoms with E-state index in [0.29, 0.717) is 12.0 Å². The molecule has 1 N–H and O–H groups in total. The molecule has 0 radical (unpaired) electrons. The smallest absolute Gasteiger partial charge is 0.337 e. The molecular weight excluding hydrogens is 280 g/mol. The summed E-state index contributed by atoms with van der Waals surface area (Å²) in [7, 11) is 1.32. The molecule has 2 aliphatic rings. The van der Waals surface area contributed by atoms with Gasteiger partial charge < -0.3 is 14.6 Å². The van der Waals surface area contributed by atoms with Crippen molar-refractivity contribution >= 4 is 11.5 Å². The van der Waals surface area contributed by atoms with E-state index in [1.165, 1.54) is 7.11 Å². The number of allylic oxidation sites excluding steroid dienone is 1. The van der Waals surface area contributed by atoms with Gasteiger partial charge in [-0.3, -0.25) is 0 Å². The second-order valence-electron chi connectivity index (χ2n) is 6.00. The van der Waals surface area contributed by atoms with Crippen molar-refractivity contribution in [3.63, 3.8) is 0 Å². The summed E-state index contributed by atoms with van der Waals surface area (Å²) in [6.45, 7) is 4.14. The van der Waals surface area contributed by atoms with Crippen molar-refractivity contribution in [1.82, 2.24) is 0 Å². The highest BCUT2D eigenvalue weighted by atomic mass is 16.5. The van der Waals surface area contributed by atoms with Crippen LogP contribution in [0.25, 0.3) is 5.57 Å². The average Bonchev–Trinajstić information content (AvgIpc) is 3.05. The molecule has 0 aromatic heterocycles. The average molecular weight is 300 g/mol. The Bertz CT molecular complexity index is 655. The largest absolute Gasteiger partial charge is 0.508 e. The summed E-state index contributed by atoms with van der Waals surface area (Å²) in [6, 6.07) is 10.0. The zero-order valence-electron chi connectivity index (χ0n) is 13.0. The number of methoxy groups -OCH3 is 1. The molecule has 4 heteroatoms. The molecule has 2 atom stereocenters. The lowest BCUT2D eigenvalue weighted by atomic mass is 9.87. The van der Waals surface area contributed by atoms with Gasteiger partial charge in [-0.05, 0) is 12.0 Å². The Morgan fingerprint density at radius 1 is 1.32 bits per heavy atom. The summed E-state index contributed by atoms with van der Waals surface area (Å²) >= 11 is 0. The number of esters is 1. The Hall–Kier alpha value is -2.23. The van der Waals surface area contributed by atoms with Gasteiger partial charge >= 0.3 is 5.97 Å². The van der Waals surface area contributed by atoms with Crippen LogP contribution in [0.3, 0.4) is 0 Å². The van der Waals surface area contributed by atoms with Crippen LogP contribution < -0.4 is 0 Å². The number of carbonyl (C=O) groups excluding carboxylic acids is 1. The third kappa shape index (κ3) is 2.19. The molecule has 0 bridgehead atoms. The van der Waals surface area contributed by atoms with Gasteiger partial charge in [-0.15, -0.1) is 0 Å². The summed E-state index contributed by atoms with van der Waals surface area (Å²) in [6.07, 6.45) is -0.0226. The van der Waals surface area contributed by atoms with Crippen molar-refractivity contribution in [3.8, 4) is 0 Å². The molecule has 22 heavy (non-hydrogen) atoms. The molecule has 0 unspecified atom stereocenters. The number of ether oxygens (including phenoxy) is 2. The molecule has 0 saturated heterocycles. The fourth-order valence-corrected chi connectivity index (χ4v) is 3.30. The van der Waals surface area contributed by atoms with Crippen LogP contribution in [0.15, 0.2) is 47.4 Å². The zero-order valence-corrected chi connectivity index (χ0v) is 13.0. The Morgan fingerprint density at radius 3 is 2.59 bits per heavy atom. The number of carbonyl (C=O) groups is 1. The molecule has 1 aliphatic heterocycles. The van der Waals surface area contributed by atoms with Crippen molar-refractivity contribution in [2.24, 2.45) is 11.8 Å². The Morgan fingerprint density at radius 2 is 2.00 bits per heavy atom. The molecular formula is C18H20O4. The molecule has 1 heterocycles. The number of rotatable bonds is 3. The summed E-state index contributed by atoms with van der Waals surface area (Å²) in [5.41, 5.74) is 2.50. The monoisotopic (exact) mass is 300 g/mol. The zero-order chi connectivity index (χ0) is 15.9. The van der Waals surface area contributed by atoms with E-state index in [1.54, 1.807) is 0 Å². The van der Waals surface area contributed by atoms with Crippen LogP contribution in [-0.2, 0) is 14.3 Å². The third-order valence-corrected chi connectivity index (χ3v) is 4.30. The first kappa shape index (κ1) is 14.7. The number of aliphatic hydroxyl groups is 1. The molecule has 1 aromatic carbocycles. The van der Waals surface area contributed by atoms with Gasteiger partial charge in [-0.2, -0.15) is 0 Å². The van der Waals surface area contributed by atoms with Crippen LogP contribution in [0.2, 0.25) is 0 Å². The summed E-state index contributed by atoms with van der Waals surface area (Å²) in [5.74, 6) is 0.621. The Labute approximate surface area is 130 Å². The lowest BCUT2D eigenvalue weighted by Crippen LogP contribution is -2.15. The maximum Gasteiger partial charge on any atom is 0.337 e. The van der Waals surface area contributed by atoms with Crippen LogP contribution in [0.4, 0.5) is 0 Å². The predicted molar refractivity (Wildman–Crippen MR) is 82.9 cm³/mol. The van der Waals surface area contributed by atoms with Gasteiger partial charge in [0.1, 0.15) is 11.5 Å². The normalized spacial score (nSPS) is 23.8. The van der Waals surface area contributed by atoms with Crippen LogP contribution >= 0.6 is 0 Å². The topological polar surface area (TPSA) is 55.8 Å². The van der Waals surface area contributed by atoms with Crippen molar-refractivity contribution < 1.29 is 19.4 Å². The Balaban J connectivity index is 2.01. The molecule has 116 valence electrons. The van der Waals surface area contributed by atoms with Crippen molar-refractivity contribution in [3.05, 3.63) is 53.0 Å². The molecule has 3 rings (SSSR count). The van der Waals surface area contributed by atoms with E-state index in [4.69, 9.17) is 9.47 Å². The fourth-order valence-electron chi connectivity index (χ4n) is 3.30. The molecule has 0 amide bonds. The minimum atomic E-state index is -0.478. The van der Waals surface area contributed by atoms with Crippen LogP contribution in [0.1, 0.15) is 25.8 Å². The van der Waals surface area contributed by atoms with Crippen LogP contribution in [-0.4, -0.2) is 24.3 Å². The second kappa shape index (κ2) is 5.52. The van der Waals surface area contributed by atoms with E-state index >= 15 is 0 Å². The molecule has 0 fully saturated rings. The van der Waals surface area contributed by atoms with Gasteiger partial charge in [-0.25, -0.2) is 4.79 Å². The SMILES string of the molecule is COC(=O)C1=C(O)[C@@H]2OC(C(C)C)=C(c3ccccc3)[C@@H]2C1. The van der Waals surface area contributed by atoms with Gasteiger partial charge in [0.2, 0.25) is 0 Å². The molecule has 1 aliphatic carbocycles. The van der Waals surface area contributed by atoms with E-state index in [0.717, 1.165) is 16.9 Å². The first-order valence-corrected chi connectivity index (χ1v) is 7.51. The highest BCUT2D eigenvalue weighted by molar-refractivity contribution is 5.91. The maximum absolute atomic E-state index is 11.8. The van der Waals surface area contributed by atoms with Crippen molar-refractivity contribution in [2.45, 2.75) is 26.4 Å². The lowest BCUT2D eigenvalue weighted by molar-refractivity contribution is -0.136.